The van der Waals surface area contributed by atoms with Gasteiger partial charge in [0.15, 0.2) is 0 Å². The number of carbonyl (C=O) groups is 1. The molecule has 0 aliphatic rings. The number of ketones is 1. The predicted octanol–water partition coefficient (Wildman–Crippen LogP) is 5.45. The van der Waals surface area contributed by atoms with Gasteiger partial charge >= 0.3 is 0 Å². The molecule has 33 heavy (non-hydrogen) atoms. The lowest BCUT2D eigenvalue weighted by atomic mass is 10.1. The van der Waals surface area contributed by atoms with Crippen molar-refractivity contribution in [2.24, 2.45) is 0 Å². The molecule has 0 unspecified atom stereocenters. The van der Waals surface area contributed by atoms with Crippen molar-refractivity contribution in [3.8, 4) is 5.75 Å². The highest BCUT2D eigenvalue weighted by molar-refractivity contribution is 7.92. The molecule has 0 bridgehead atoms. The normalized spacial score (nSPS) is 11.2. The van der Waals surface area contributed by atoms with Crippen LogP contribution in [0.4, 0.5) is 16.4 Å². The first-order valence-corrected chi connectivity index (χ1v) is 12.4. The molecule has 0 fully saturated rings. The van der Waals surface area contributed by atoms with Crippen LogP contribution in [0.2, 0.25) is 0 Å². The lowest BCUT2D eigenvalue weighted by molar-refractivity contribution is 0.104. The minimum absolute atomic E-state index is 0.0696. The fourth-order valence-corrected chi connectivity index (χ4v) is 6.35. The third-order valence-electron chi connectivity index (χ3n) is 5.06. The first-order chi connectivity index (χ1) is 15.8. The number of hydrogen-bond donors (Lipinski definition) is 2. The van der Waals surface area contributed by atoms with Crippen LogP contribution in [0.25, 0.3) is 0 Å². The molecule has 8 heteroatoms. The number of thiophene rings is 1. The van der Waals surface area contributed by atoms with Crippen LogP contribution < -0.4 is 15.8 Å². The summed E-state index contributed by atoms with van der Waals surface area (Å²) in [6.45, 7) is 1.94. The van der Waals surface area contributed by atoms with Crippen LogP contribution in [-0.4, -0.2) is 21.3 Å². The molecule has 168 valence electrons. The number of sulfone groups is 1. The second-order valence-corrected chi connectivity index (χ2v) is 10.3. The number of benzene rings is 3. The Morgan fingerprint density at radius 3 is 2.30 bits per heavy atom. The fourth-order valence-electron chi connectivity index (χ4n) is 3.39. The van der Waals surface area contributed by atoms with Crippen LogP contribution in [-0.2, 0) is 9.84 Å². The summed E-state index contributed by atoms with van der Waals surface area (Å²) < 4.78 is 32.2. The molecular weight excluding hydrogens is 456 g/mol. The third kappa shape index (κ3) is 4.48. The maximum Gasteiger partial charge on any atom is 0.211 e. The number of nitrogens with one attached hydrogen (secondary N) is 1. The number of ether oxygens (including phenoxy) is 1. The van der Waals surface area contributed by atoms with Crippen LogP contribution in [0, 0.1) is 6.92 Å². The highest BCUT2D eigenvalue weighted by Crippen LogP contribution is 2.44. The predicted molar refractivity (Wildman–Crippen MR) is 132 cm³/mol. The van der Waals surface area contributed by atoms with Gasteiger partial charge in [0.05, 0.1) is 17.7 Å². The average molecular weight is 479 g/mol. The molecule has 1 heterocycles. The van der Waals surface area contributed by atoms with E-state index in [4.69, 9.17) is 10.5 Å². The van der Waals surface area contributed by atoms with Gasteiger partial charge in [0.1, 0.15) is 20.5 Å². The Morgan fingerprint density at radius 2 is 1.67 bits per heavy atom. The first-order valence-electron chi connectivity index (χ1n) is 10.1. The number of aryl methyl sites for hydroxylation is 1. The number of methoxy groups -OCH3 is 1. The Bertz CT molecular complexity index is 1410. The summed E-state index contributed by atoms with van der Waals surface area (Å²) in [5, 5.41) is 3.45. The van der Waals surface area contributed by atoms with Crippen molar-refractivity contribution in [2.75, 3.05) is 18.2 Å². The van der Waals surface area contributed by atoms with Gasteiger partial charge in [-0.3, -0.25) is 4.79 Å². The van der Waals surface area contributed by atoms with Crippen molar-refractivity contribution in [2.45, 2.75) is 16.7 Å². The fraction of sp³-hybridized carbons (Fsp3) is 0.0800. The highest BCUT2D eigenvalue weighted by Gasteiger charge is 2.31. The molecule has 3 N–H and O–H groups in total. The van der Waals surface area contributed by atoms with Crippen molar-refractivity contribution in [3.05, 3.63) is 94.9 Å². The van der Waals surface area contributed by atoms with E-state index in [1.807, 2.05) is 31.2 Å². The SMILES string of the molecule is COc1ccc(C(=O)c2sc(Nc3cccc(C)c3)c(S(=O)(=O)c3ccccc3)c2N)cc1. The third-order valence-corrected chi connectivity index (χ3v) is 8.16. The molecule has 6 nitrogen and oxygen atoms in total. The Kier molecular flexibility index (Phi) is 6.22. The molecule has 0 radical (unpaired) electrons. The van der Waals surface area contributed by atoms with Gasteiger partial charge in [-0.1, -0.05) is 30.3 Å². The molecule has 4 aromatic rings. The molecule has 0 spiro atoms. The van der Waals surface area contributed by atoms with Gasteiger partial charge in [-0.05, 0) is 61.0 Å². The summed E-state index contributed by atoms with van der Waals surface area (Å²) in [6.07, 6.45) is 0. The van der Waals surface area contributed by atoms with E-state index in [0.29, 0.717) is 22.0 Å². The van der Waals surface area contributed by atoms with E-state index in [0.717, 1.165) is 16.9 Å². The number of carbonyl (C=O) groups excluding carboxylic acids is 1. The molecule has 0 aliphatic carbocycles. The quantitative estimate of drug-likeness (QED) is 0.343. The van der Waals surface area contributed by atoms with E-state index in [-0.39, 0.29) is 26.1 Å². The molecule has 0 saturated carbocycles. The number of anilines is 3. The second-order valence-electron chi connectivity index (χ2n) is 7.37. The summed E-state index contributed by atoms with van der Waals surface area (Å²) in [5.41, 5.74) is 8.37. The molecule has 1 aromatic heterocycles. The van der Waals surface area contributed by atoms with Crippen molar-refractivity contribution in [1.29, 1.82) is 0 Å². The minimum atomic E-state index is -3.99. The monoisotopic (exact) mass is 478 g/mol. The van der Waals surface area contributed by atoms with E-state index in [1.165, 1.54) is 19.2 Å². The number of nitrogen functional groups attached to an aromatic ring is 1. The van der Waals surface area contributed by atoms with E-state index >= 15 is 0 Å². The van der Waals surface area contributed by atoms with Gasteiger partial charge in [-0.2, -0.15) is 0 Å². The molecule has 0 amide bonds. The summed E-state index contributed by atoms with van der Waals surface area (Å²) in [7, 11) is -2.45. The Labute approximate surface area is 196 Å². The molecule has 3 aromatic carbocycles. The van der Waals surface area contributed by atoms with Crippen molar-refractivity contribution < 1.29 is 17.9 Å². The summed E-state index contributed by atoms with van der Waals surface area (Å²) in [5.74, 6) is 0.252. The van der Waals surface area contributed by atoms with E-state index < -0.39 is 9.84 Å². The summed E-state index contributed by atoms with van der Waals surface area (Å²) in [4.78, 5) is 13.4. The molecule has 0 aliphatic heterocycles. The largest absolute Gasteiger partial charge is 0.497 e. The topological polar surface area (TPSA) is 98.5 Å². The van der Waals surface area contributed by atoms with Crippen LogP contribution >= 0.6 is 11.3 Å². The van der Waals surface area contributed by atoms with Crippen LogP contribution in [0.15, 0.2) is 88.7 Å². The molecule has 0 atom stereocenters. The van der Waals surface area contributed by atoms with E-state index in [1.54, 1.807) is 42.5 Å². The highest BCUT2D eigenvalue weighted by atomic mass is 32.2. The van der Waals surface area contributed by atoms with Gasteiger partial charge in [0.2, 0.25) is 15.6 Å². The van der Waals surface area contributed by atoms with Gasteiger partial charge in [-0.15, -0.1) is 11.3 Å². The minimum Gasteiger partial charge on any atom is -0.497 e. The van der Waals surface area contributed by atoms with Crippen LogP contribution in [0.3, 0.4) is 0 Å². The van der Waals surface area contributed by atoms with Gasteiger partial charge < -0.3 is 15.8 Å². The maximum atomic E-state index is 13.5. The molecule has 0 saturated heterocycles. The lowest BCUT2D eigenvalue weighted by Gasteiger charge is -2.10. The summed E-state index contributed by atoms with van der Waals surface area (Å²) in [6, 6.07) is 22.2. The number of rotatable bonds is 7. The summed E-state index contributed by atoms with van der Waals surface area (Å²) >= 11 is 1.03. The zero-order valence-corrected chi connectivity index (χ0v) is 19.7. The second kappa shape index (κ2) is 9.09. The first kappa shape index (κ1) is 22.6. The van der Waals surface area contributed by atoms with Crippen molar-refractivity contribution in [3.63, 3.8) is 0 Å². The van der Waals surface area contributed by atoms with Crippen LogP contribution in [0.5, 0.6) is 5.75 Å². The lowest BCUT2D eigenvalue weighted by Crippen LogP contribution is -2.08. The molecular formula is C25H22N2O4S2. The smallest absolute Gasteiger partial charge is 0.211 e. The number of nitrogens with two attached hydrogens (primary N) is 1. The van der Waals surface area contributed by atoms with Crippen molar-refractivity contribution >= 4 is 43.3 Å². The van der Waals surface area contributed by atoms with E-state index in [2.05, 4.69) is 5.32 Å². The van der Waals surface area contributed by atoms with Gasteiger partial charge in [-0.25, -0.2) is 8.42 Å². The Balaban J connectivity index is 1.86. The van der Waals surface area contributed by atoms with Crippen LogP contribution in [0.1, 0.15) is 20.8 Å². The zero-order chi connectivity index (χ0) is 23.6. The van der Waals surface area contributed by atoms with Gasteiger partial charge in [0, 0.05) is 11.3 Å². The Morgan fingerprint density at radius 1 is 0.970 bits per heavy atom. The zero-order valence-electron chi connectivity index (χ0n) is 18.0. The number of hydrogen-bond acceptors (Lipinski definition) is 7. The van der Waals surface area contributed by atoms with E-state index in [9.17, 15) is 13.2 Å². The standard InChI is InChI=1S/C25H22N2O4S2/c1-16-7-6-8-18(15-16)27-25-24(33(29,30)20-9-4-3-5-10-20)21(26)23(32-25)22(28)17-11-13-19(31-2)14-12-17/h3-15,27H,26H2,1-2H3. The maximum absolute atomic E-state index is 13.5. The van der Waals surface area contributed by atoms with Crippen molar-refractivity contribution in [1.82, 2.24) is 0 Å². The average Bonchev–Trinajstić information content (AvgIpc) is 3.15. The Hall–Kier alpha value is -3.62. The molecule has 4 rings (SSSR count). The van der Waals surface area contributed by atoms with Gasteiger partial charge in [0.25, 0.3) is 0 Å².